The van der Waals surface area contributed by atoms with Gasteiger partial charge in [0, 0.05) is 23.6 Å². The topological polar surface area (TPSA) is 65.2 Å². The van der Waals surface area contributed by atoms with Crippen LogP contribution in [0.4, 0.5) is 0 Å². The smallest absolute Gasteiger partial charge is 0.128 e. The number of rotatable bonds is 7. The zero-order valence-corrected chi connectivity index (χ0v) is 24.3. The maximum atomic E-state index is 11.1. The van der Waals surface area contributed by atoms with E-state index in [1.807, 2.05) is 72.8 Å². The van der Waals surface area contributed by atoms with Crippen molar-refractivity contribution in [3.63, 3.8) is 0 Å². The standard InChI is InChI=1S/C36H40N2O2/c1-35(2,3)29-21-13-19-27(33(29)39)23-37-31(25-15-9-7-10-16-25)32(26-17-11-8-12-18-26)38-24-28-20-14-22-30(34(28)40)36(4,5)6/h7-24,31-32,39-40H,1-6H3/t31-,32-/m0/s1. The van der Waals surface area contributed by atoms with Crippen LogP contribution in [0.3, 0.4) is 0 Å². The fourth-order valence-corrected chi connectivity index (χ4v) is 4.86. The lowest BCUT2D eigenvalue weighted by Crippen LogP contribution is -2.12. The third-order valence-electron chi connectivity index (χ3n) is 7.08. The molecule has 4 heteroatoms. The Labute approximate surface area is 238 Å². The normalized spacial score (nSPS) is 14.1. The summed E-state index contributed by atoms with van der Waals surface area (Å²) >= 11 is 0. The maximum absolute atomic E-state index is 11.1. The SMILES string of the molecule is CC(C)(C)c1cccc(C=N[C@@H](c2ccccc2)[C@@H](N=Cc2cccc(C(C)(C)C)c2O)c2ccccc2)c1O. The van der Waals surface area contributed by atoms with Gasteiger partial charge in [0.1, 0.15) is 23.6 Å². The van der Waals surface area contributed by atoms with Crippen LogP contribution in [0.15, 0.2) is 107 Å². The zero-order chi connectivity index (χ0) is 28.9. The largest absolute Gasteiger partial charge is 0.507 e. The molecule has 0 radical (unpaired) electrons. The second-order valence-corrected chi connectivity index (χ2v) is 12.3. The summed E-state index contributed by atoms with van der Waals surface area (Å²) < 4.78 is 0. The Balaban J connectivity index is 1.83. The van der Waals surface area contributed by atoms with Crippen LogP contribution in [-0.2, 0) is 10.8 Å². The Morgan fingerprint density at radius 3 is 1.18 bits per heavy atom. The number of aromatic hydroxyl groups is 2. The summed E-state index contributed by atoms with van der Waals surface area (Å²) in [6.45, 7) is 12.5. The van der Waals surface area contributed by atoms with Crippen molar-refractivity contribution in [3.8, 4) is 11.5 Å². The maximum Gasteiger partial charge on any atom is 0.128 e. The highest BCUT2D eigenvalue weighted by Crippen LogP contribution is 2.38. The molecule has 0 saturated carbocycles. The third kappa shape index (κ3) is 6.69. The molecule has 0 saturated heterocycles. The summed E-state index contributed by atoms with van der Waals surface area (Å²) in [5.74, 6) is 0.489. The van der Waals surface area contributed by atoms with Gasteiger partial charge >= 0.3 is 0 Å². The second-order valence-electron chi connectivity index (χ2n) is 12.3. The van der Waals surface area contributed by atoms with Crippen molar-refractivity contribution >= 4 is 12.4 Å². The van der Waals surface area contributed by atoms with Crippen LogP contribution in [0.2, 0.25) is 0 Å². The fourth-order valence-electron chi connectivity index (χ4n) is 4.86. The van der Waals surface area contributed by atoms with Crippen LogP contribution in [0.5, 0.6) is 11.5 Å². The van der Waals surface area contributed by atoms with Crippen LogP contribution < -0.4 is 0 Å². The molecule has 0 bridgehead atoms. The van der Waals surface area contributed by atoms with E-state index < -0.39 is 0 Å². The first-order chi connectivity index (χ1) is 19.0. The molecule has 0 aliphatic heterocycles. The lowest BCUT2D eigenvalue weighted by atomic mass is 9.85. The summed E-state index contributed by atoms with van der Waals surface area (Å²) in [6, 6.07) is 31.0. The van der Waals surface area contributed by atoms with Crippen LogP contribution in [0.1, 0.15) is 87.0 Å². The van der Waals surface area contributed by atoms with Gasteiger partial charge < -0.3 is 10.2 Å². The van der Waals surface area contributed by atoms with Gasteiger partial charge in [-0.3, -0.25) is 9.98 Å². The van der Waals surface area contributed by atoms with Gasteiger partial charge in [-0.1, -0.05) is 126 Å². The summed E-state index contributed by atoms with van der Waals surface area (Å²) in [5, 5.41) is 22.2. The van der Waals surface area contributed by atoms with Crippen molar-refractivity contribution in [2.75, 3.05) is 0 Å². The molecule has 4 rings (SSSR count). The number of benzene rings is 4. The number of para-hydroxylation sites is 2. The van der Waals surface area contributed by atoms with E-state index in [1.165, 1.54) is 0 Å². The molecular formula is C36H40N2O2. The Morgan fingerprint density at radius 2 is 0.850 bits per heavy atom. The van der Waals surface area contributed by atoms with E-state index in [2.05, 4.69) is 65.8 Å². The zero-order valence-electron chi connectivity index (χ0n) is 24.3. The molecule has 4 aromatic rings. The lowest BCUT2D eigenvalue weighted by Gasteiger charge is -2.23. The van der Waals surface area contributed by atoms with Crippen molar-refractivity contribution in [1.82, 2.24) is 0 Å². The van der Waals surface area contributed by atoms with E-state index in [4.69, 9.17) is 9.98 Å². The summed E-state index contributed by atoms with van der Waals surface area (Å²) in [6.07, 6.45) is 3.51. The molecule has 0 aromatic heterocycles. The summed E-state index contributed by atoms with van der Waals surface area (Å²) in [4.78, 5) is 10.1. The van der Waals surface area contributed by atoms with Gasteiger partial charge in [0.2, 0.25) is 0 Å². The predicted molar refractivity (Wildman–Crippen MR) is 167 cm³/mol. The molecule has 0 spiro atoms. The van der Waals surface area contributed by atoms with Crippen molar-refractivity contribution in [2.24, 2.45) is 9.98 Å². The molecule has 4 aromatic carbocycles. The molecule has 0 aliphatic rings. The highest BCUT2D eigenvalue weighted by molar-refractivity contribution is 5.85. The molecule has 0 fully saturated rings. The number of phenols is 2. The Bertz CT molecular complexity index is 1360. The minimum absolute atomic E-state index is 0.201. The highest BCUT2D eigenvalue weighted by atomic mass is 16.3. The fraction of sp³-hybridized carbons (Fsp3) is 0.278. The average Bonchev–Trinajstić information content (AvgIpc) is 2.91. The predicted octanol–water partition coefficient (Wildman–Crippen LogP) is 8.71. The van der Waals surface area contributed by atoms with Crippen LogP contribution in [0.25, 0.3) is 0 Å². The van der Waals surface area contributed by atoms with Crippen LogP contribution in [0, 0.1) is 0 Å². The van der Waals surface area contributed by atoms with Gasteiger partial charge in [-0.2, -0.15) is 0 Å². The van der Waals surface area contributed by atoms with E-state index in [1.54, 1.807) is 12.4 Å². The van der Waals surface area contributed by atoms with E-state index >= 15 is 0 Å². The molecule has 0 unspecified atom stereocenters. The molecule has 2 N–H and O–H groups in total. The number of hydrogen-bond donors (Lipinski definition) is 2. The number of phenolic OH excluding ortho intramolecular Hbond substituents is 2. The molecular weight excluding hydrogens is 492 g/mol. The van der Waals surface area contributed by atoms with E-state index in [0.29, 0.717) is 11.1 Å². The Morgan fingerprint density at radius 1 is 0.500 bits per heavy atom. The lowest BCUT2D eigenvalue weighted by molar-refractivity contribution is 0.445. The first-order valence-corrected chi connectivity index (χ1v) is 13.8. The molecule has 40 heavy (non-hydrogen) atoms. The first-order valence-electron chi connectivity index (χ1n) is 13.8. The minimum atomic E-state index is -0.370. The van der Waals surface area contributed by atoms with Gasteiger partial charge in [-0.05, 0) is 45.2 Å². The van der Waals surface area contributed by atoms with Gasteiger partial charge in [-0.25, -0.2) is 0 Å². The minimum Gasteiger partial charge on any atom is -0.507 e. The van der Waals surface area contributed by atoms with Crippen molar-refractivity contribution in [1.29, 1.82) is 0 Å². The van der Waals surface area contributed by atoms with E-state index in [0.717, 1.165) is 22.3 Å². The highest BCUT2D eigenvalue weighted by Gasteiger charge is 2.25. The monoisotopic (exact) mass is 532 g/mol. The first kappa shape index (κ1) is 28.8. The van der Waals surface area contributed by atoms with Gasteiger partial charge in [0.05, 0.1) is 0 Å². The average molecular weight is 533 g/mol. The quantitative estimate of drug-likeness (QED) is 0.234. The molecule has 4 nitrogen and oxygen atoms in total. The molecule has 2 atom stereocenters. The van der Waals surface area contributed by atoms with Crippen molar-refractivity contribution in [3.05, 3.63) is 130 Å². The second kappa shape index (κ2) is 11.9. The van der Waals surface area contributed by atoms with Crippen molar-refractivity contribution in [2.45, 2.75) is 64.5 Å². The van der Waals surface area contributed by atoms with Gasteiger partial charge in [-0.15, -0.1) is 0 Å². The Hall–Kier alpha value is -4.18. The molecule has 0 heterocycles. The number of nitrogens with zero attached hydrogens (tertiary/aromatic N) is 2. The third-order valence-corrected chi connectivity index (χ3v) is 7.08. The van der Waals surface area contributed by atoms with Crippen molar-refractivity contribution < 1.29 is 10.2 Å². The summed E-state index contributed by atoms with van der Waals surface area (Å²) in [7, 11) is 0. The van der Waals surface area contributed by atoms with Gasteiger partial charge in [0.15, 0.2) is 0 Å². The number of hydrogen-bond acceptors (Lipinski definition) is 4. The Kier molecular flexibility index (Phi) is 8.58. The molecule has 0 aliphatic carbocycles. The number of aliphatic imine (C=N–C) groups is 2. The van der Waals surface area contributed by atoms with Gasteiger partial charge in [0.25, 0.3) is 0 Å². The summed E-state index contributed by atoms with van der Waals surface area (Å²) in [5.41, 5.74) is 4.69. The van der Waals surface area contributed by atoms with E-state index in [-0.39, 0.29) is 34.4 Å². The molecule has 0 amide bonds. The van der Waals surface area contributed by atoms with Crippen LogP contribution in [-0.4, -0.2) is 22.6 Å². The van der Waals surface area contributed by atoms with Crippen LogP contribution >= 0.6 is 0 Å². The van der Waals surface area contributed by atoms with E-state index in [9.17, 15) is 10.2 Å². The molecule has 206 valence electrons.